The minimum Gasteiger partial charge on any atom is -0.477 e. The minimum atomic E-state index is -3.50. The molecule has 2 unspecified atom stereocenters. The van der Waals surface area contributed by atoms with Crippen molar-refractivity contribution in [1.82, 2.24) is 10.2 Å². The maximum atomic E-state index is 12.7. The van der Waals surface area contributed by atoms with Gasteiger partial charge in [-0.3, -0.25) is 19.2 Å². The first-order chi connectivity index (χ1) is 15.0. The number of thioether (sulfide) groups is 2. The van der Waals surface area contributed by atoms with E-state index in [2.05, 4.69) is 10.0 Å². The number of hydrogen-bond acceptors (Lipinski definition) is 8. The quantitative estimate of drug-likeness (QED) is 0.355. The third kappa shape index (κ3) is 5.22. The number of hydrogen-bond donors (Lipinski definition) is 4. The molecule has 0 spiro atoms. The van der Waals surface area contributed by atoms with Gasteiger partial charge in [0.05, 0.1) is 6.26 Å². The van der Waals surface area contributed by atoms with Gasteiger partial charge in [0.15, 0.2) is 0 Å². The number of amides is 2. The predicted octanol–water partition coefficient (Wildman–Crippen LogP) is 0.550. The van der Waals surface area contributed by atoms with Crippen LogP contribution in [-0.2, 0) is 24.4 Å². The van der Waals surface area contributed by atoms with Gasteiger partial charge in [0, 0.05) is 17.2 Å². The molecule has 2 aliphatic heterocycles. The van der Waals surface area contributed by atoms with Gasteiger partial charge in [0.25, 0.3) is 5.91 Å². The molecule has 2 amide bonds. The molecule has 0 saturated carbocycles. The number of β-lactam (4-membered cyclic amide) rings is 1. The predicted molar refractivity (Wildman–Crippen MR) is 125 cm³/mol. The van der Waals surface area contributed by atoms with Crippen molar-refractivity contribution < 1.29 is 27.9 Å². The molecule has 2 heterocycles. The Labute approximate surface area is 194 Å². The second-order valence-corrected chi connectivity index (χ2v) is 11.4. The van der Waals surface area contributed by atoms with E-state index in [9.17, 15) is 27.9 Å². The number of carboxylic acids is 1. The number of sulfonamides is 1. The summed E-state index contributed by atoms with van der Waals surface area (Å²) in [6.07, 6.45) is 1.01. The number of aliphatic carboxylic acids is 1. The van der Waals surface area contributed by atoms with E-state index in [4.69, 9.17) is 5.73 Å². The monoisotopic (exact) mass is 500 g/mol. The molecule has 13 heteroatoms. The van der Waals surface area contributed by atoms with Gasteiger partial charge in [-0.15, -0.1) is 11.8 Å². The number of benzene rings is 1. The lowest BCUT2D eigenvalue weighted by atomic mass is 10.0. The third-order valence-corrected chi connectivity index (χ3v) is 7.77. The number of nitrogens with zero attached hydrogens (tertiary/aromatic N) is 1. The van der Waals surface area contributed by atoms with E-state index in [1.807, 2.05) is 6.92 Å². The Bertz CT molecular complexity index is 1070. The lowest BCUT2D eigenvalue weighted by Crippen LogP contribution is -2.71. The summed E-state index contributed by atoms with van der Waals surface area (Å²) in [5.41, 5.74) is 7.34. The molecule has 3 rings (SSSR count). The van der Waals surface area contributed by atoms with Gasteiger partial charge < -0.3 is 16.2 Å². The Balaban J connectivity index is 1.71. The van der Waals surface area contributed by atoms with Crippen LogP contribution in [0, 0.1) is 0 Å². The molecular formula is C19H24N4O6S3. The van der Waals surface area contributed by atoms with E-state index in [1.165, 1.54) is 28.8 Å². The number of carbonyl (C=O) groups is 3. The molecule has 0 aromatic heterocycles. The van der Waals surface area contributed by atoms with Gasteiger partial charge in [-0.05, 0) is 29.0 Å². The first-order valence-corrected chi connectivity index (χ1v) is 13.7. The average molecular weight is 501 g/mol. The number of carbonyl (C=O) groups excluding carboxylic acids is 2. The zero-order valence-corrected chi connectivity index (χ0v) is 19.9. The Kier molecular flexibility index (Phi) is 7.43. The van der Waals surface area contributed by atoms with E-state index in [-0.39, 0.29) is 11.4 Å². The van der Waals surface area contributed by atoms with Crippen LogP contribution in [0.15, 0.2) is 35.5 Å². The van der Waals surface area contributed by atoms with E-state index < -0.39 is 45.3 Å². The van der Waals surface area contributed by atoms with Gasteiger partial charge in [0.2, 0.25) is 15.9 Å². The molecule has 0 radical (unpaired) electrons. The van der Waals surface area contributed by atoms with Crippen molar-refractivity contribution in [1.29, 1.82) is 0 Å². The molecule has 32 heavy (non-hydrogen) atoms. The van der Waals surface area contributed by atoms with Crippen molar-refractivity contribution in [3.8, 4) is 0 Å². The normalized spacial score (nSPS) is 21.5. The maximum absolute atomic E-state index is 12.7. The second kappa shape index (κ2) is 9.73. The number of fused-ring (bicyclic) bond motifs is 1. The Morgan fingerprint density at radius 1 is 1.41 bits per heavy atom. The van der Waals surface area contributed by atoms with Crippen LogP contribution in [0.25, 0.3) is 0 Å². The summed E-state index contributed by atoms with van der Waals surface area (Å²) in [4.78, 5) is 38.4. The maximum Gasteiger partial charge on any atom is 0.352 e. The van der Waals surface area contributed by atoms with Crippen LogP contribution in [0.4, 0.5) is 5.69 Å². The van der Waals surface area contributed by atoms with Crippen molar-refractivity contribution in [3.63, 3.8) is 0 Å². The van der Waals surface area contributed by atoms with Crippen LogP contribution in [0.2, 0.25) is 0 Å². The smallest absolute Gasteiger partial charge is 0.352 e. The summed E-state index contributed by atoms with van der Waals surface area (Å²) < 4.78 is 25.2. The highest BCUT2D eigenvalue weighted by Gasteiger charge is 2.54. The molecule has 1 saturated heterocycles. The minimum absolute atomic E-state index is 0.00551. The fraction of sp³-hybridized carbons (Fsp3) is 0.421. The first-order valence-electron chi connectivity index (χ1n) is 9.65. The fourth-order valence-corrected chi connectivity index (χ4v) is 6.14. The van der Waals surface area contributed by atoms with Crippen LogP contribution < -0.4 is 15.8 Å². The van der Waals surface area contributed by atoms with Gasteiger partial charge in [-0.2, -0.15) is 11.8 Å². The summed E-state index contributed by atoms with van der Waals surface area (Å²) >= 11 is 2.98. The molecule has 0 aliphatic carbocycles. The SMILES string of the molecule is CCSCC1=C(C(=O)O)N2C(=O)C(NC(=O)C(N)c3cccc(NS(C)(=O)=O)c3)[C@H]2SC1. The molecular weight excluding hydrogens is 476 g/mol. The molecule has 1 aromatic carbocycles. The molecule has 0 bridgehead atoms. The van der Waals surface area contributed by atoms with E-state index in [1.54, 1.807) is 23.9 Å². The van der Waals surface area contributed by atoms with Gasteiger partial charge in [-0.25, -0.2) is 13.2 Å². The lowest BCUT2D eigenvalue weighted by Gasteiger charge is -2.49. The van der Waals surface area contributed by atoms with Gasteiger partial charge in [-0.1, -0.05) is 19.1 Å². The standard InChI is InChI=1S/C19H24N4O6S3/c1-3-30-8-11-9-31-18-14(17(25)23(18)15(11)19(26)27)21-16(24)13(20)10-5-4-6-12(7-10)22-32(2,28)29/h4-7,13-14,18,22H,3,8-9,20H2,1-2H3,(H,21,24)(H,26,27)/t13?,14?,18-/m1/s1. The van der Waals surface area contributed by atoms with Crippen molar-refractivity contribution in [3.05, 3.63) is 41.1 Å². The molecule has 5 N–H and O–H groups in total. The van der Waals surface area contributed by atoms with E-state index >= 15 is 0 Å². The summed E-state index contributed by atoms with van der Waals surface area (Å²) in [7, 11) is -3.50. The van der Waals surface area contributed by atoms with Crippen molar-refractivity contribution in [2.45, 2.75) is 24.4 Å². The largest absolute Gasteiger partial charge is 0.477 e. The zero-order valence-electron chi connectivity index (χ0n) is 17.4. The summed E-state index contributed by atoms with van der Waals surface area (Å²) in [5.74, 6) is -0.454. The molecule has 10 nitrogen and oxygen atoms in total. The number of carboxylic acid groups (broad SMARTS) is 1. The number of nitrogens with one attached hydrogen (secondary N) is 2. The number of nitrogens with two attached hydrogens (primary N) is 1. The summed E-state index contributed by atoms with van der Waals surface area (Å²) in [6.45, 7) is 1.97. The van der Waals surface area contributed by atoms with Crippen LogP contribution in [0.5, 0.6) is 0 Å². The Morgan fingerprint density at radius 3 is 2.75 bits per heavy atom. The molecule has 174 valence electrons. The average Bonchev–Trinajstić information content (AvgIpc) is 2.73. The van der Waals surface area contributed by atoms with Crippen LogP contribution in [0.1, 0.15) is 18.5 Å². The highest BCUT2D eigenvalue weighted by atomic mass is 32.2. The van der Waals surface area contributed by atoms with E-state index in [0.29, 0.717) is 22.6 Å². The number of anilines is 1. The summed E-state index contributed by atoms with van der Waals surface area (Å²) in [6, 6.07) is 4.07. The van der Waals surface area contributed by atoms with Crippen molar-refractivity contribution in [2.75, 3.05) is 28.2 Å². The van der Waals surface area contributed by atoms with Crippen LogP contribution in [0.3, 0.4) is 0 Å². The van der Waals surface area contributed by atoms with E-state index in [0.717, 1.165) is 12.0 Å². The number of rotatable bonds is 9. The molecule has 2 aliphatic rings. The van der Waals surface area contributed by atoms with Crippen molar-refractivity contribution in [2.24, 2.45) is 5.73 Å². The highest BCUT2D eigenvalue weighted by molar-refractivity contribution is 8.01. The molecule has 1 aromatic rings. The van der Waals surface area contributed by atoms with Gasteiger partial charge >= 0.3 is 5.97 Å². The van der Waals surface area contributed by atoms with Crippen molar-refractivity contribution >= 4 is 57.0 Å². The first kappa shape index (κ1) is 24.4. The summed E-state index contributed by atoms with van der Waals surface area (Å²) in [5, 5.41) is 11.7. The lowest BCUT2D eigenvalue weighted by molar-refractivity contribution is -0.150. The van der Waals surface area contributed by atoms with Crippen LogP contribution in [-0.4, -0.2) is 71.1 Å². The van der Waals surface area contributed by atoms with Gasteiger partial charge in [0.1, 0.15) is 23.2 Å². The third-order valence-electron chi connectivity index (χ3n) is 4.86. The molecule has 1 fully saturated rings. The molecule has 3 atom stereocenters. The Hall–Kier alpha value is -2.22. The zero-order chi connectivity index (χ0) is 23.6. The Morgan fingerprint density at radius 2 is 2.12 bits per heavy atom. The highest BCUT2D eigenvalue weighted by Crippen LogP contribution is 2.41. The fourth-order valence-electron chi connectivity index (χ4n) is 3.42. The topological polar surface area (TPSA) is 159 Å². The van der Waals surface area contributed by atoms with Crippen LogP contribution >= 0.6 is 23.5 Å². The second-order valence-electron chi connectivity index (χ2n) is 7.27.